The second-order valence-electron chi connectivity index (χ2n) is 10.3. The zero-order valence-electron chi connectivity index (χ0n) is 22.2. The second-order valence-corrected chi connectivity index (χ2v) is 10.3. The Morgan fingerprint density at radius 2 is 1.65 bits per heavy atom. The number of urea groups is 1. The first-order chi connectivity index (χ1) is 17.7. The van der Waals surface area contributed by atoms with Crippen LogP contribution >= 0.6 is 0 Å². The summed E-state index contributed by atoms with van der Waals surface area (Å²) in [4.78, 5) is 27.9. The molecule has 4 rings (SSSR count). The minimum Gasteiger partial charge on any atom is -0.315 e. The third-order valence-electron chi connectivity index (χ3n) is 6.17. The third-order valence-corrected chi connectivity index (χ3v) is 6.17. The van der Waals surface area contributed by atoms with E-state index in [1.165, 1.54) is 4.90 Å². The Kier molecular flexibility index (Phi) is 7.62. The molecule has 0 aliphatic carbocycles. The summed E-state index contributed by atoms with van der Waals surface area (Å²) in [6.45, 7) is 10.6. The first-order valence-corrected chi connectivity index (χ1v) is 12.7. The predicted octanol–water partition coefficient (Wildman–Crippen LogP) is 6.51. The van der Waals surface area contributed by atoms with E-state index in [0.29, 0.717) is 12.4 Å². The number of hydrogen-bond donors (Lipinski definition) is 2. The van der Waals surface area contributed by atoms with E-state index in [9.17, 15) is 9.59 Å². The highest BCUT2D eigenvalue weighted by Crippen LogP contribution is 2.27. The summed E-state index contributed by atoms with van der Waals surface area (Å²) < 4.78 is 1.75. The highest BCUT2D eigenvalue weighted by atomic mass is 16.2. The molecule has 0 aliphatic heterocycles. The van der Waals surface area contributed by atoms with E-state index >= 15 is 0 Å². The van der Waals surface area contributed by atoms with E-state index in [2.05, 4.69) is 31.4 Å². The number of nitrogens with zero attached hydrogens (tertiary/aromatic N) is 3. The Morgan fingerprint density at radius 1 is 0.946 bits per heavy atom. The Labute approximate surface area is 218 Å². The fourth-order valence-corrected chi connectivity index (χ4v) is 4.13. The van der Waals surface area contributed by atoms with Crippen molar-refractivity contribution >= 4 is 34.2 Å². The SMILES string of the molecule is CCCN(CC(=O)Nc1cc(C(C)(C)C)nn1-c1ccc(C)cc1)C(=O)Nc1cccc2ccccc12. The van der Waals surface area contributed by atoms with Crippen molar-refractivity contribution in [3.05, 3.63) is 84.1 Å². The van der Waals surface area contributed by atoms with Crippen LogP contribution < -0.4 is 10.6 Å². The number of aromatic nitrogens is 2. The molecule has 2 N–H and O–H groups in total. The van der Waals surface area contributed by atoms with Crippen LogP contribution in [0.1, 0.15) is 45.4 Å². The molecule has 3 amide bonds. The number of rotatable bonds is 7. The maximum atomic E-state index is 13.2. The number of amides is 3. The molecular formula is C30H35N5O2. The van der Waals surface area contributed by atoms with Crippen molar-refractivity contribution < 1.29 is 9.59 Å². The van der Waals surface area contributed by atoms with Gasteiger partial charge in [0.15, 0.2) is 0 Å². The Balaban J connectivity index is 1.54. The van der Waals surface area contributed by atoms with Gasteiger partial charge in [-0.15, -0.1) is 0 Å². The van der Waals surface area contributed by atoms with Crippen LogP contribution in [0, 0.1) is 6.92 Å². The van der Waals surface area contributed by atoms with E-state index in [4.69, 9.17) is 5.10 Å². The van der Waals surface area contributed by atoms with E-state index in [1.807, 2.05) is 86.6 Å². The summed E-state index contributed by atoms with van der Waals surface area (Å²) in [5.41, 5.74) is 3.39. The van der Waals surface area contributed by atoms with Gasteiger partial charge in [-0.2, -0.15) is 5.10 Å². The summed E-state index contributed by atoms with van der Waals surface area (Å²) in [7, 11) is 0. The Hall–Kier alpha value is -4.13. The van der Waals surface area contributed by atoms with E-state index in [0.717, 1.165) is 39.8 Å². The van der Waals surface area contributed by atoms with Gasteiger partial charge in [0.2, 0.25) is 5.91 Å². The highest BCUT2D eigenvalue weighted by Gasteiger charge is 2.23. The minimum absolute atomic E-state index is 0.0750. The zero-order valence-corrected chi connectivity index (χ0v) is 22.2. The molecule has 7 nitrogen and oxygen atoms in total. The van der Waals surface area contributed by atoms with E-state index < -0.39 is 0 Å². The maximum Gasteiger partial charge on any atom is 0.322 e. The van der Waals surface area contributed by atoms with Crippen LogP contribution in [0.2, 0.25) is 0 Å². The monoisotopic (exact) mass is 497 g/mol. The van der Waals surface area contributed by atoms with Crippen LogP contribution in [-0.4, -0.2) is 39.7 Å². The standard InChI is InChI=1S/C30H35N5O2/c1-6-18-34(29(37)31-25-13-9-11-22-10-7-8-12-24(22)25)20-28(36)32-27-19-26(30(3,4)5)33-35(27)23-16-14-21(2)15-17-23/h7-17,19H,6,18,20H2,1-5H3,(H,31,37)(H,32,36). The van der Waals surface area contributed by atoms with Crippen molar-refractivity contribution in [3.8, 4) is 5.69 Å². The first-order valence-electron chi connectivity index (χ1n) is 12.7. The van der Waals surface area contributed by atoms with Gasteiger partial charge in [-0.3, -0.25) is 4.79 Å². The fourth-order valence-electron chi connectivity index (χ4n) is 4.13. The van der Waals surface area contributed by atoms with Crippen molar-refractivity contribution in [2.75, 3.05) is 23.7 Å². The highest BCUT2D eigenvalue weighted by molar-refractivity contribution is 6.03. The maximum absolute atomic E-state index is 13.2. The summed E-state index contributed by atoms with van der Waals surface area (Å²) >= 11 is 0. The summed E-state index contributed by atoms with van der Waals surface area (Å²) in [5, 5.41) is 12.8. The molecule has 192 valence electrons. The second kappa shape index (κ2) is 10.9. The molecule has 0 saturated carbocycles. The van der Waals surface area contributed by atoms with Crippen molar-refractivity contribution in [2.24, 2.45) is 0 Å². The van der Waals surface area contributed by atoms with Gasteiger partial charge >= 0.3 is 6.03 Å². The van der Waals surface area contributed by atoms with E-state index in [1.54, 1.807) is 4.68 Å². The number of benzene rings is 3. The summed E-state index contributed by atoms with van der Waals surface area (Å²) in [5.74, 6) is 0.292. The van der Waals surface area contributed by atoms with Crippen LogP contribution in [0.5, 0.6) is 0 Å². The molecule has 0 spiro atoms. The molecule has 1 aromatic heterocycles. The quantitative estimate of drug-likeness (QED) is 0.305. The lowest BCUT2D eigenvalue weighted by atomic mass is 9.92. The molecule has 0 unspecified atom stereocenters. The zero-order chi connectivity index (χ0) is 26.6. The molecule has 0 atom stereocenters. The van der Waals surface area contributed by atoms with Gasteiger partial charge in [-0.05, 0) is 36.9 Å². The Morgan fingerprint density at radius 3 is 2.35 bits per heavy atom. The van der Waals surface area contributed by atoms with Crippen LogP contribution in [0.25, 0.3) is 16.5 Å². The average Bonchev–Trinajstić information content (AvgIpc) is 3.28. The van der Waals surface area contributed by atoms with Gasteiger partial charge in [0.05, 0.1) is 17.1 Å². The number of fused-ring (bicyclic) bond motifs is 1. The molecule has 0 fully saturated rings. The lowest BCUT2D eigenvalue weighted by Crippen LogP contribution is -2.41. The summed E-state index contributed by atoms with van der Waals surface area (Å²) in [6.07, 6.45) is 0.728. The van der Waals surface area contributed by atoms with Gasteiger partial charge in [-0.25, -0.2) is 9.48 Å². The van der Waals surface area contributed by atoms with Crippen LogP contribution in [0.4, 0.5) is 16.3 Å². The first kappa shape index (κ1) is 25.9. The molecule has 0 radical (unpaired) electrons. The lowest BCUT2D eigenvalue weighted by molar-refractivity contribution is -0.116. The van der Waals surface area contributed by atoms with Crippen LogP contribution in [0.3, 0.4) is 0 Å². The number of aryl methyl sites for hydroxylation is 1. The largest absolute Gasteiger partial charge is 0.322 e. The number of carbonyl (C=O) groups excluding carboxylic acids is 2. The van der Waals surface area contributed by atoms with Crippen molar-refractivity contribution in [3.63, 3.8) is 0 Å². The number of anilines is 2. The number of carbonyl (C=O) groups is 2. The number of nitrogens with one attached hydrogen (secondary N) is 2. The van der Waals surface area contributed by atoms with Crippen molar-refractivity contribution in [1.82, 2.24) is 14.7 Å². The van der Waals surface area contributed by atoms with Crippen molar-refractivity contribution in [2.45, 2.75) is 46.5 Å². The van der Waals surface area contributed by atoms with E-state index in [-0.39, 0.29) is 23.9 Å². The van der Waals surface area contributed by atoms with Crippen LogP contribution in [0.15, 0.2) is 72.8 Å². The summed E-state index contributed by atoms with van der Waals surface area (Å²) in [6, 6.07) is 23.3. The Bertz CT molecular complexity index is 1390. The molecule has 1 heterocycles. The van der Waals surface area contributed by atoms with Gasteiger partial charge in [0.25, 0.3) is 0 Å². The fraction of sp³-hybridized carbons (Fsp3) is 0.300. The molecule has 4 aromatic rings. The average molecular weight is 498 g/mol. The molecule has 0 bridgehead atoms. The molecule has 37 heavy (non-hydrogen) atoms. The van der Waals surface area contributed by atoms with Gasteiger partial charge in [0.1, 0.15) is 12.4 Å². The van der Waals surface area contributed by atoms with Gasteiger partial charge < -0.3 is 15.5 Å². The molecule has 7 heteroatoms. The molecule has 3 aromatic carbocycles. The molecular weight excluding hydrogens is 462 g/mol. The number of hydrogen-bond acceptors (Lipinski definition) is 3. The topological polar surface area (TPSA) is 79.3 Å². The van der Waals surface area contributed by atoms with Gasteiger partial charge in [0, 0.05) is 23.4 Å². The smallest absolute Gasteiger partial charge is 0.315 e. The predicted molar refractivity (Wildman–Crippen MR) is 150 cm³/mol. The molecule has 0 aliphatic rings. The van der Waals surface area contributed by atoms with Gasteiger partial charge in [-0.1, -0.05) is 81.8 Å². The van der Waals surface area contributed by atoms with Crippen LogP contribution in [-0.2, 0) is 10.2 Å². The molecule has 0 saturated heterocycles. The normalized spacial score (nSPS) is 11.4. The lowest BCUT2D eigenvalue weighted by Gasteiger charge is -2.22. The minimum atomic E-state index is -0.309. The third kappa shape index (κ3) is 6.17. The van der Waals surface area contributed by atoms with Crippen molar-refractivity contribution in [1.29, 1.82) is 0 Å².